The van der Waals surface area contributed by atoms with Crippen molar-refractivity contribution in [2.45, 2.75) is 5.16 Å². The summed E-state index contributed by atoms with van der Waals surface area (Å²) in [6.45, 7) is -0.101. The molecule has 2 aromatic carbocycles. The lowest BCUT2D eigenvalue weighted by molar-refractivity contribution is -0.133. The van der Waals surface area contributed by atoms with Crippen LogP contribution in [0.25, 0.3) is 39.8 Å². The number of aromatic nitrogens is 3. The lowest BCUT2D eigenvalue weighted by Crippen LogP contribution is -1.97. The van der Waals surface area contributed by atoms with Crippen molar-refractivity contribution in [3.63, 3.8) is 0 Å². The standard InChI is InChI=1S/C22H19N3O5S/c1-29-17-7-6-13-9-16(5-4-14(13)10-17)20-15(3-2-8-26)11-18(30-20)21-23-22(25-24-21)31-12-19(27)28/h2-7,9-11,26H,8,12H2,1H3,(H,27,28)(H,23,24,25). The highest BCUT2D eigenvalue weighted by Crippen LogP contribution is 2.35. The molecule has 0 bridgehead atoms. The van der Waals surface area contributed by atoms with Gasteiger partial charge in [-0.05, 0) is 35.0 Å². The van der Waals surface area contributed by atoms with Crippen molar-refractivity contribution in [2.24, 2.45) is 0 Å². The number of nitrogens with zero attached hydrogens (tertiary/aromatic N) is 2. The quantitative estimate of drug-likeness (QED) is 0.353. The predicted octanol–water partition coefficient (Wildman–Crippen LogP) is 4.08. The number of furan rings is 1. The Kier molecular flexibility index (Phi) is 6.06. The third-order valence-electron chi connectivity index (χ3n) is 4.50. The molecule has 2 aromatic heterocycles. The Balaban J connectivity index is 1.72. The molecule has 0 atom stereocenters. The van der Waals surface area contributed by atoms with Gasteiger partial charge in [-0.15, -0.1) is 5.10 Å². The van der Waals surface area contributed by atoms with Gasteiger partial charge >= 0.3 is 5.97 Å². The van der Waals surface area contributed by atoms with E-state index in [-0.39, 0.29) is 12.4 Å². The SMILES string of the molecule is COc1ccc2cc(-c3oc(-c4nc(SCC(=O)O)n[nH]4)cc3C=CCO)ccc2c1. The smallest absolute Gasteiger partial charge is 0.313 e. The summed E-state index contributed by atoms with van der Waals surface area (Å²) in [4.78, 5) is 15.0. The van der Waals surface area contributed by atoms with E-state index in [9.17, 15) is 9.90 Å². The number of carboxylic acid groups (broad SMARTS) is 1. The first-order valence-corrected chi connectivity index (χ1v) is 10.3. The Morgan fingerprint density at radius 2 is 2.03 bits per heavy atom. The molecule has 0 aliphatic heterocycles. The zero-order valence-electron chi connectivity index (χ0n) is 16.5. The first-order chi connectivity index (χ1) is 15.1. The van der Waals surface area contributed by atoms with E-state index in [1.807, 2.05) is 36.4 Å². The van der Waals surface area contributed by atoms with Crippen molar-refractivity contribution in [2.75, 3.05) is 19.5 Å². The van der Waals surface area contributed by atoms with Crippen molar-refractivity contribution in [3.8, 4) is 28.7 Å². The average molecular weight is 437 g/mol. The van der Waals surface area contributed by atoms with Crippen LogP contribution in [0.4, 0.5) is 0 Å². The maximum atomic E-state index is 10.7. The van der Waals surface area contributed by atoms with Crippen LogP contribution in [0.3, 0.4) is 0 Å². The van der Waals surface area contributed by atoms with E-state index in [1.54, 1.807) is 25.3 Å². The van der Waals surface area contributed by atoms with E-state index in [0.717, 1.165) is 39.4 Å². The summed E-state index contributed by atoms with van der Waals surface area (Å²) < 4.78 is 11.4. The summed E-state index contributed by atoms with van der Waals surface area (Å²) in [5, 5.41) is 27.2. The molecule has 158 valence electrons. The van der Waals surface area contributed by atoms with Crippen LogP contribution in [0.2, 0.25) is 0 Å². The van der Waals surface area contributed by atoms with Crippen LogP contribution in [0, 0.1) is 0 Å². The maximum Gasteiger partial charge on any atom is 0.313 e. The van der Waals surface area contributed by atoms with Crippen LogP contribution in [-0.4, -0.2) is 50.8 Å². The van der Waals surface area contributed by atoms with E-state index >= 15 is 0 Å². The third kappa shape index (κ3) is 4.62. The molecule has 2 heterocycles. The largest absolute Gasteiger partial charge is 0.497 e. The fourth-order valence-corrected chi connectivity index (χ4v) is 3.61. The van der Waals surface area contributed by atoms with E-state index < -0.39 is 5.97 Å². The predicted molar refractivity (Wildman–Crippen MR) is 118 cm³/mol. The molecule has 31 heavy (non-hydrogen) atoms. The van der Waals surface area contributed by atoms with Crippen LogP contribution in [0.1, 0.15) is 5.56 Å². The number of thioether (sulfide) groups is 1. The number of aliphatic carboxylic acids is 1. The molecule has 0 radical (unpaired) electrons. The molecule has 0 saturated heterocycles. The molecule has 0 aliphatic rings. The highest BCUT2D eigenvalue weighted by atomic mass is 32.2. The summed E-state index contributed by atoms with van der Waals surface area (Å²) in [5.74, 6) is 1.18. The summed E-state index contributed by atoms with van der Waals surface area (Å²) >= 11 is 1.02. The number of carboxylic acids is 1. The molecular formula is C22H19N3O5S. The highest BCUT2D eigenvalue weighted by Gasteiger charge is 2.17. The number of hydrogen-bond donors (Lipinski definition) is 3. The van der Waals surface area contributed by atoms with Crippen LogP contribution in [0.5, 0.6) is 5.75 Å². The summed E-state index contributed by atoms with van der Waals surface area (Å²) in [6, 6.07) is 13.6. The first kappa shape index (κ1) is 20.7. The lowest BCUT2D eigenvalue weighted by Gasteiger charge is -2.05. The lowest BCUT2D eigenvalue weighted by atomic mass is 10.0. The highest BCUT2D eigenvalue weighted by molar-refractivity contribution is 7.99. The molecule has 0 fully saturated rings. The Morgan fingerprint density at radius 3 is 2.81 bits per heavy atom. The monoisotopic (exact) mass is 437 g/mol. The minimum Gasteiger partial charge on any atom is -0.497 e. The molecule has 0 spiro atoms. The molecule has 0 unspecified atom stereocenters. The van der Waals surface area contributed by atoms with E-state index in [4.69, 9.17) is 14.3 Å². The Bertz CT molecular complexity index is 1260. The molecule has 4 aromatic rings. The minimum atomic E-state index is -0.943. The molecule has 8 nitrogen and oxygen atoms in total. The zero-order valence-corrected chi connectivity index (χ0v) is 17.3. The second-order valence-corrected chi connectivity index (χ2v) is 7.50. The molecule has 4 rings (SSSR count). The van der Waals surface area contributed by atoms with E-state index in [1.165, 1.54) is 0 Å². The van der Waals surface area contributed by atoms with Gasteiger partial charge in [0.2, 0.25) is 5.16 Å². The van der Waals surface area contributed by atoms with Gasteiger partial charge in [-0.1, -0.05) is 42.1 Å². The van der Waals surface area contributed by atoms with Gasteiger partial charge in [-0.3, -0.25) is 9.89 Å². The Hall–Kier alpha value is -3.56. The van der Waals surface area contributed by atoms with Gasteiger partial charge in [-0.2, -0.15) is 4.98 Å². The summed E-state index contributed by atoms with van der Waals surface area (Å²) in [7, 11) is 1.63. The minimum absolute atomic E-state index is 0.101. The Morgan fingerprint density at radius 1 is 1.23 bits per heavy atom. The molecule has 3 N–H and O–H groups in total. The van der Waals surface area contributed by atoms with E-state index in [0.29, 0.717) is 22.5 Å². The van der Waals surface area contributed by atoms with Crippen LogP contribution < -0.4 is 4.74 Å². The number of benzene rings is 2. The number of rotatable bonds is 8. The van der Waals surface area contributed by atoms with E-state index in [2.05, 4.69) is 15.2 Å². The molecule has 0 saturated carbocycles. The molecule has 0 aliphatic carbocycles. The fraction of sp³-hybridized carbons (Fsp3) is 0.136. The van der Waals surface area contributed by atoms with Gasteiger partial charge < -0.3 is 19.4 Å². The maximum absolute atomic E-state index is 10.7. The van der Waals surface area contributed by atoms with Crippen molar-refractivity contribution in [3.05, 3.63) is 54.1 Å². The number of hydrogen-bond acceptors (Lipinski definition) is 7. The van der Waals surface area contributed by atoms with Crippen molar-refractivity contribution < 1.29 is 24.2 Å². The van der Waals surface area contributed by atoms with Crippen molar-refractivity contribution in [1.82, 2.24) is 15.2 Å². The molecular weight excluding hydrogens is 418 g/mol. The molecule has 9 heteroatoms. The van der Waals surface area contributed by atoms with Crippen LogP contribution in [0.15, 0.2) is 58.1 Å². The topological polar surface area (TPSA) is 121 Å². The van der Waals surface area contributed by atoms with Crippen LogP contribution >= 0.6 is 11.8 Å². The van der Waals surface area contributed by atoms with Crippen molar-refractivity contribution in [1.29, 1.82) is 0 Å². The average Bonchev–Trinajstić information content (AvgIpc) is 3.42. The summed E-state index contributed by atoms with van der Waals surface area (Å²) in [6.07, 6.45) is 3.40. The number of nitrogens with one attached hydrogen (secondary N) is 1. The zero-order chi connectivity index (χ0) is 21.8. The number of fused-ring (bicyclic) bond motifs is 1. The third-order valence-corrected chi connectivity index (χ3v) is 5.33. The number of aliphatic hydroxyl groups excluding tert-OH is 1. The fourth-order valence-electron chi connectivity index (χ4n) is 3.09. The van der Waals surface area contributed by atoms with Gasteiger partial charge in [-0.25, -0.2) is 0 Å². The normalized spacial score (nSPS) is 11.4. The second-order valence-electron chi connectivity index (χ2n) is 6.56. The number of aliphatic hydroxyl groups is 1. The first-order valence-electron chi connectivity index (χ1n) is 9.34. The van der Waals surface area contributed by atoms with Crippen molar-refractivity contribution >= 4 is 34.6 Å². The second kappa shape index (κ2) is 9.07. The summed E-state index contributed by atoms with van der Waals surface area (Å²) in [5.41, 5.74) is 1.63. The Labute approximate surface area is 181 Å². The van der Waals surface area contributed by atoms with Gasteiger partial charge in [0.1, 0.15) is 11.5 Å². The number of H-pyrrole nitrogens is 1. The van der Waals surface area contributed by atoms with Gasteiger partial charge in [0, 0.05) is 11.1 Å². The molecule has 0 amide bonds. The van der Waals surface area contributed by atoms with Gasteiger partial charge in [0.05, 0.1) is 19.5 Å². The number of aromatic amines is 1. The van der Waals surface area contributed by atoms with Gasteiger partial charge in [0.15, 0.2) is 11.6 Å². The van der Waals surface area contributed by atoms with Crippen LogP contribution in [-0.2, 0) is 4.79 Å². The number of carbonyl (C=O) groups is 1. The number of methoxy groups -OCH3 is 1. The van der Waals surface area contributed by atoms with Gasteiger partial charge in [0.25, 0.3) is 0 Å². The number of ether oxygens (including phenoxy) is 1.